The topological polar surface area (TPSA) is 35.0 Å². The van der Waals surface area contributed by atoms with E-state index in [2.05, 4.69) is 9.97 Å². The van der Waals surface area contributed by atoms with Gasteiger partial charge in [0.15, 0.2) is 5.06 Å². The van der Waals surface area contributed by atoms with Gasteiger partial charge in [-0.05, 0) is 23.6 Å². The maximum Gasteiger partial charge on any atom is 0.322 e. The van der Waals surface area contributed by atoms with Crippen LogP contribution in [0.3, 0.4) is 0 Å². The molecular weight excluding hydrogens is 172 g/mol. The third-order valence-corrected chi connectivity index (χ3v) is 1.97. The van der Waals surface area contributed by atoms with E-state index in [0.717, 1.165) is 5.06 Å². The number of nitrogens with zero attached hydrogens (tertiary/aromatic N) is 2. The Kier molecular flexibility index (Phi) is 2.00. The SMILES string of the molecule is c1cnc(Oc2cccs2)nc1. The van der Waals surface area contributed by atoms with Gasteiger partial charge in [-0.25, -0.2) is 9.97 Å². The predicted molar refractivity (Wildman–Crippen MR) is 46.4 cm³/mol. The molecule has 0 aliphatic rings. The fourth-order valence-corrected chi connectivity index (χ4v) is 1.32. The minimum atomic E-state index is 0.389. The highest BCUT2D eigenvalue weighted by atomic mass is 32.1. The minimum absolute atomic E-state index is 0.389. The van der Waals surface area contributed by atoms with E-state index >= 15 is 0 Å². The third kappa shape index (κ3) is 1.60. The predicted octanol–water partition coefficient (Wildman–Crippen LogP) is 2.33. The molecule has 0 unspecified atom stereocenters. The highest BCUT2D eigenvalue weighted by molar-refractivity contribution is 7.11. The second kappa shape index (κ2) is 3.32. The Morgan fingerprint density at radius 2 is 2.00 bits per heavy atom. The van der Waals surface area contributed by atoms with Crippen LogP contribution in [0.15, 0.2) is 36.0 Å². The smallest absolute Gasteiger partial charge is 0.322 e. The van der Waals surface area contributed by atoms with Crippen LogP contribution in [-0.2, 0) is 0 Å². The van der Waals surface area contributed by atoms with Gasteiger partial charge in [-0.2, -0.15) is 0 Å². The van der Waals surface area contributed by atoms with E-state index in [0.29, 0.717) is 6.01 Å². The fourth-order valence-electron chi connectivity index (χ4n) is 0.750. The Hall–Kier alpha value is -1.42. The van der Waals surface area contributed by atoms with Crippen LogP contribution >= 0.6 is 11.3 Å². The van der Waals surface area contributed by atoms with Crippen molar-refractivity contribution in [2.45, 2.75) is 0 Å². The third-order valence-electron chi connectivity index (χ3n) is 1.23. The van der Waals surface area contributed by atoms with E-state index in [-0.39, 0.29) is 0 Å². The van der Waals surface area contributed by atoms with Gasteiger partial charge >= 0.3 is 6.01 Å². The van der Waals surface area contributed by atoms with Gasteiger partial charge in [0.25, 0.3) is 0 Å². The standard InChI is InChI=1S/C8H6N2OS/c1-3-7(12-6-1)11-8-9-4-2-5-10-8/h1-6H. The van der Waals surface area contributed by atoms with Crippen LogP contribution in [-0.4, -0.2) is 9.97 Å². The fraction of sp³-hybridized carbons (Fsp3) is 0. The van der Waals surface area contributed by atoms with Crippen LogP contribution in [0.5, 0.6) is 11.1 Å². The van der Waals surface area contributed by atoms with E-state index in [1.807, 2.05) is 17.5 Å². The van der Waals surface area contributed by atoms with Crippen molar-refractivity contribution < 1.29 is 4.74 Å². The number of hydrogen-bond donors (Lipinski definition) is 0. The van der Waals surface area contributed by atoms with Gasteiger partial charge in [0.2, 0.25) is 0 Å². The molecule has 0 aromatic carbocycles. The number of thiophene rings is 1. The van der Waals surface area contributed by atoms with Crippen molar-refractivity contribution in [1.29, 1.82) is 0 Å². The lowest BCUT2D eigenvalue weighted by Gasteiger charge is -1.97. The van der Waals surface area contributed by atoms with Crippen molar-refractivity contribution in [3.63, 3.8) is 0 Å². The summed E-state index contributed by atoms with van der Waals surface area (Å²) >= 11 is 1.52. The molecule has 4 heteroatoms. The van der Waals surface area contributed by atoms with Crippen LogP contribution in [0, 0.1) is 0 Å². The molecule has 2 aromatic heterocycles. The molecule has 0 bridgehead atoms. The van der Waals surface area contributed by atoms with Gasteiger partial charge in [0, 0.05) is 12.4 Å². The van der Waals surface area contributed by atoms with Crippen molar-refractivity contribution in [2.24, 2.45) is 0 Å². The monoisotopic (exact) mass is 178 g/mol. The number of aromatic nitrogens is 2. The van der Waals surface area contributed by atoms with E-state index in [1.165, 1.54) is 11.3 Å². The van der Waals surface area contributed by atoms with Gasteiger partial charge in [-0.3, -0.25) is 0 Å². The van der Waals surface area contributed by atoms with E-state index in [9.17, 15) is 0 Å². The first-order chi connectivity index (χ1) is 5.95. The van der Waals surface area contributed by atoms with Crippen molar-refractivity contribution in [3.05, 3.63) is 36.0 Å². The van der Waals surface area contributed by atoms with E-state index in [4.69, 9.17) is 4.74 Å². The molecule has 0 saturated heterocycles. The molecule has 0 spiro atoms. The van der Waals surface area contributed by atoms with Gasteiger partial charge in [0.05, 0.1) is 0 Å². The zero-order valence-corrected chi connectivity index (χ0v) is 6.99. The minimum Gasteiger partial charge on any atom is -0.413 e. The molecule has 0 fully saturated rings. The van der Waals surface area contributed by atoms with Crippen molar-refractivity contribution in [2.75, 3.05) is 0 Å². The molecule has 0 aliphatic heterocycles. The van der Waals surface area contributed by atoms with Crippen molar-refractivity contribution in [1.82, 2.24) is 9.97 Å². The first-order valence-corrected chi connectivity index (χ1v) is 4.31. The normalized spacial score (nSPS) is 9.67. The quantitative estimate of drug-likeness (QED) is 0.707. The highest BCUT2D eigenvalue weighted by Gasteiger charge is 1.97. The summed E-state index contributed by atoms with van der Waals surface area (Å²) < 4.78 is 5.31. The van der Waals surface area contributed by atoms with Crippen molar-refractivity contribution >= 4 is 11.3 Å². The summed E-state index contributed by atoms with van der Waals surface area (Å²) in [5.74, 6) is 0. The lowest BCUT2D eigenvalue weighted by atomic mass is 10.6. The summed E-state index contributed by atoms with van der Waals surface area (Å²) in [5, 5.41) is 2.75. The Labute approximate surface area is 73.7 Å². The first-order valence-electron chi connectivity index (χ1n) is 3.43. The summed E-state index contributed by atoms with van der Waals surface area (Å²) in [6, 6.07) is 5.94. The number of rotatable bonds is 2. The summed E-state index contributed by atoms with van der Waals surface area (Å²) in [6.07, 6.45) is 3.30. The Morgan fingerprint density at radius 3 is 2.67 bits per heavy atom. The Morgan fingerprint density at radius 1 is 1.17 bits per heavy atom. The lowest BCUT2D eigenvalue weighted by Crippen LogP contribution is -1.87. The molecule has 12 heavy (non-hydrogen) atoms. The summed E-state index contributed by atoms with van der Waals surface area (Å²) in [7, 11) is 0. The van der Waals surface area contributed by atoms with Gasteiger partial charge in [-0.1, -0.05) is 0 Å². The van der Waals surface area contributed by atoms with Gasteiger partial charge in [0.1, 0.15) is 0 Å². The average Bonchev–Trinajstić information content (AvgIpc) is 2.59. The Balaban J connectivity index is 2.15. The molecule has 0 amide bonds. The molecule has 0 radical (unpaired) electrons. The zero-order chi connectivity index (χ0) is 8.23. The number of ether oxygens (including phenoxy) is 1. The van der Waals surface area contributed by atoms with E-state index in [1.54, 1.807) is 18.5 Å². The Bertz CT molecular complexity index is 333. The van der Waals surface area contributed by atoms with Crippen LogP contribution in [0.25, 0.3) is 0 Å². The van der Waals surface area contributed by atoms with Crippen molar-refractivity contribution in [3.8, 4) is 11.1 Å². The van der Waals surface area contributed by atoms with E-state index < -0.39 is 0 Å². The molecule has 2 rings (SSSR count). The summed E-state index contributed by atoms with van der Waals surface area (Å²) in [5.41, 5.74) is 0. The lowest BCUT2D eigenvalue weighted by molar-refractivity contribution is 0.454. The van der Waals surface area contributed by atoms with Crippen LogP contribution < -0.4 is 4.74 Å². The van der Waals surface area contributed by atoms with Crippen LogP contribution in [0.4, 0.5) is 0 Å². The summed E-state index contributed by atoms with van der Waals surface area (Å²) in [6.45, 7) is 0. The maximum absolute atomic E-state index is 5.31. The van der Waals surface area contributed by atoms with Crippen LogP contribution in [0.2, 0.25) is 0 Å². The summed E-state index contributed by atoms with van der Waals surface area (Å²) in [4.78, 5) is 7.85. The molecular formula is C8H6N2OS. The van der Waals surface area contributed by atoms with Gasteiger partial charge in [-0.15, -0.1) is 11.3 Å². The second-order valence-corrected chi connectivity index (χ2v) is 2.98. The largest absolute Gasteiger partial charge is 0.413 e. The molecule has 0 N–H and O–H groups in total. The molecule has 60 valence electrons. The molecule has 0 saturated carbocycles. The molecule has 2 aromatic rings. The molecule has 0 aliphatic carbocycles. The molecule has 3 nitrogen and oxygen atoms in total. The maximum atomic E-state index is 5.31. The molecule has 2 heterocycles. The average molecular weight is 178 g/mol. The van der Waals surface area contributed by atoms with Crippen LogP contribution in [0.1, 0.15) is 0 Å². The molecule has 0 atom stereocenters. The number of hydrogen-bond acceptors (Lipinski definition) is 4. The first kappa shape index (κ1) is 7.24. The zero-order valence-electron chi connectivity index (χ0n) is 6.18. The highest BCUT2D eigenvalue weighted by Crippen LogP contribution is 2.22. The second-order valence-electron chi connectivity index (χ2n) is 2.07. The van der Waals surface area contributed by atoms with Gasteiger partial charge < -0.3 is 4.74 Å².